The van der Waals surface area contributed by atoms with Crippen LogP contribution in [0, 0.1) is 5.92 Å². The Kier molecular flexibility index (Phi) is 6.68. The molecule has 1 aliphatic heterocycles. The van der Waals surface area contributed by atoms with Crippen molar-refractivity contribution in [2.45, 2.75) is 39.0 Å². The van der Waals surface area contributed by atoms with Gasteiger partial charge in [0.15, 0.2) is 0 Å². The average molecular weight is 295 g/mol. The molecule has 0 aliphatic carbocycles. The van der Waals surface area contributed by atoms with Crippen LogP contribution in [0.3, 0.4) is 0 Å². The Labute approximate surface area is 128 Å². The summed E-state index contributed by atoms with van der Waals surface area (Å²) in [6.07, 6.45) is 6.91. The van der Waals surface area contributed by atoms with Gasteiger partial charge in [-0.15, -0.1) is 0 Å². The zero-order chi connectivity index (χ0) is 14.2. The van der Waals surface area contributed by atoms with Gasteiger partial charge in [0.1, 0.15) is 0 Å². The largest absolute Gasteiger partial charge is 0.384 e. The third-order valence-electron chi connectivity index (χ3n) is 4.22. The lowest BCUT2D eigenvalue weighted by Crippen LogP contribution is -2.30. The molecule has 1 atom stereocenters. The molecular weight excluding hydrogens is 268 g/mol. The Balaban J connectivity index is 1.69. The van der Waals surface area contributed by atoms with Crippen LogP contribution in [-0.2, 0) is 0 Å². The van der Waals surface area contributed by atoms with E-state index in [9.17, 15) is 0 Å². The molecule has 1 unspecified atom stereocenters. The van der Waals surface area contributed by atoms with Gasteiger partial charge in [0.2, 0.25) is 0 Å². The first kappa shape index (κ1) is 15.7. The van der Waals surface area contributed by atoms with Crippen molar-refractivity contribution < 1.29 is 0 Å². The molecule has 1 aliphatic rings. The summed E-state index contributed by atoms with van der Waals surface area (Å²) >= 11 is 5.99. The van der Waals surface area contributed by atoms with Crippen LogP contribution in [0.4, 0.5) is 5.69 Å². The molecule has 0 radical (unpaired) electrons. The summed E-state index contributed by atoms with van der Waals surface area (Å²) in [6, 6.07) is 7.97. The maximum Gasteiger partial charge on any atom is 0.0426 e. The van der Waals surface area contributed by atoms with Gasteiger partial charge in [-0.25, -0.2) is 0 Å². The molecule has 1 N–H and O–H groups in total. The molecule has 1 aromatic rings. The van der Waals surface area contributed by atoms with Crippen LogP contribution in [0.1, 0.15) is 39.0 Å². The van der Waals surface area contributed by atoms with Gasteiger partial charge < -0.3 is 10.2 Å². The fraction of sp³-hybridized carbons (Fsp3) is 0.647. The van der Waals surface area contributed by atoms with E-state index in [4.69, 9.17) is 11.6 Å². The molecule has 1 aromatic carbocycles. The molecule has 2 rings (SSSR count). The summed E-state index contributed by atoms with van der Waals surface area (Å²) < 4.78 is 0. The fourth-order valence-corrected chi connectivity index (χ4v) is 3.29. The standard InChI is InChI=1S/C17H27ClN2/c1-2-5-15-6-4-11-20(12-9-15)13-10-19-17-8-3-7-16(18)14-17/h3,7-8,14-15,19H,2,4-6,9-13H2,1H3. The zero-order valence-corrected chi connectivity index (χ0v) is 13.3. The number of nitrogens with zero attached hydrogens (tertiary/aromatic N) is 1. The highest BCUT2D eigenvalue weighted by atomic mass is 35.5. The topological polar surface area (TPSA) is 15.3 Å². The van der Waals surface area contributed by atoms with Crippen LogP contribution in [0.25, 0.3) is 0 Å². The second-order valence-electron chi connectivity index (χ2n) is 5.86. The highest BCUT2D eigenvalue weighted by Crippen LogP contribution is 2.21. The van der Waals surface area contributed by atoms with Crippen LogP contribution < -0.4 is 5.32 Å². The van der Waals surface area contributed by atoms with Crippen molar-refractivity contribution in [2.75, 3.05) is 31.5 Å². The molecular formula is C17H27ClN2. The van der Waals surface area contributed by atoms with Crippen LogP contribution in [0.15, 0.2) is 24.3 Å². The predicted octanol–water partition coefficient (Wildman–Crippen LogP) is 4.65. The van der Waals surface area contributed by atoms with E-state index in [1.165, 1.54) is 45.2 Å². The van der Waals surface area contributed by atoms with Crippen LogP contribution in [0.5, 0.6) is 0 Å². The second kappa shape index (κ2) is 8.53. The first-order valence-corrected chi connectivity index (χ1v) is 8.37. The van der Waals surface area contributed by atoms with Gasteiger partial charge in [0, 0.05) is 23.8 Å². The van der Waals surface area contributed by atoms with E-state index in [1.807, 2.05) is 18.2 Å². The highest BCUT2D eigenvalue weighted by Gasteiger charge is 2.15. The molecule has 0 bridgehead atoms. The Bertz CT molecular complexity index is 394. The number of likely N-dealkylation sites (tertiary alicyclic amines) is 1. The van der Waals surface area contributed by atoms with Gasteiger partial charge in [0.05, 0.1) is 0 Å². The van der Waals surface area contributed by atoms with E-state index < -0.39 is 0 Å². The van der Waals surface area contributed by atoms with E-state index in [0.717, 1.165) is 29.7 Å². The molecule has 1 heterocycles. The number of hydrogen-bond donors (Lipinski definition) is 1. The number of halogens is 1. The number of anilines is 1. The van der Waals surface area contributed by atoms with Gasteiger partial charge in [-0.05, 0) is 56.5 Å². The van der Waals surface area contributed by atoms with Crippen LogP contribution in [-0.4, -0.2) is 31.1 Å². The first-order chi connectivity index (χ1) is 9.78. The highest BCUT2D eigenvalue weighted by molar-refractivity contribution is 6.30. The van der Waals surface area contributed by atoms with Gasteiger partial charge >= 0.3 is 0 Å². The SMILES string of the molecule is CCCC1CCCN(CCNc2cccc(Cl)c2)CC1. The number of benzene rings is 1. The molecule has 0 amide bonds. The van der Waals surface area contributed by atoms with E-state index >= 15 is 0 Å². The van der Waals surface area contributed by atoms with Crippen molar-refractivity contribution in [2.24, 2.45) is 5.92 Å². The second-order valence-corrected chi connectivity index (χ2v) is 6.30. The average Bonchev–Trinajstić information content (AvgIpc) is 2.65. The Morgan fingerprint density at radius 2 is 2.20 bits per heavy atom. The zero-order valence-electron chi connectivity index (χ0n) is 12.6. The fourth-order valence-electron chi connectivity index (χ4n) is 3.10. The lowest BCUT2D eigenvalue weighted by Gasteiger charge is -2.20. The smallest absolute Gasteiger partial charge is 0.0426 e. The first-order valence-electron chi connectivity index (χ1n) is 7.99. The monoisotopic (exact) mass is 294 g/mol. The predicted molar refractivity (Wildman–Crippen MR) is 88.6 cm³/mol. The number of nitrogens with one attached hydrogen (secondary N) is 1. The summed E-state index contributed by atoms with van der Waals surface area (Å²) in [6.45, 7) is 6.96. The summed E-state index contributed by atoms with van der Waals surface area (Å²) in [4.78, 5) is 2.60. The summed E-state index contributed by atoms with van der Waals surface area (Å²) in [5.41, 5.74) is 1.12. The lowest BCUT2D eigenvalue weighted by atomic mass is 9.96. The van der Waals surface area contributed by atoms with Gasteiger partial charge in [-0.2, -0.15) is 0 Å². The molecule has 0 spiro atoms. The summed E-state index contributed by atoms with van der Waals surface area (Å²) in [5, 5.41) is 4.26. The minimum Gasteiger partial charge on any atom is -0.384 e. The van der Waals surface area contributed by atoms with Gasteiger partial charge in [-0.3, -0.25) is 0 Å². The quantitative estimate of drug-likeness (QED) is 0.821. The van der Waals surface area contributed by atoms with Crippen molar-refractivity contribution in [1.29, 1.82) is 0 Å². The number of rotatable bonds is 6. The maximum absolute atomic E-state index is 5.99. The molecule has 2 nitrogen and oxygen atoms in total. The minimum absolute atomic E-state index is 0.798. The van der Waals surface area contributed by atoms with E-state index in [2.05, 4.69) is 23.2 Å². The van der Waals surface area contributed by atoms with Crippen molar-refractivity contribution in [1.82, 2.24) is 4.90 Å². The van der Waals surface area contributed by atoms with E-state index in [1.54, 1.807) is 0 Å². The Morgan fingerprint density at radius 3 is 3.00 bits per heavy atom. The molecule has 0 aromatic heterocycles. The normalized spacial score (nSPS) is 20.6. The molecule has 1 fully saturated rings. The third kappa shape index (κ3) is 5.34. The van der Waals surface area contributed by atoms with Crippen LogP contribution >= 0.6 is 11.6 Å². The van der Waals surface area contributed by atoms with E-state index in [-0.39, 0.29) is 0 Å². The van der Waals surface area contributed by atoms with Crippen molar-refractivity contribution >= 4 is 17.3 Å². The molecule has 3 heteroatoms. The lowest BCUT2D eigenvalue weighted by molar-refractivity contribution is 0.289. The Morgan fingerprint density at radius 1 is 1.30 bits per heavy atom. The maximum atomic E-state index is 5.99. The van der Waals surface area contributed by atoms with Crippen molar-refractivity contribution in [3.63, 3.8) is 0 Å². The summed E-state index contributed by atoms with van der Waals surface area (Å²) in [5.74, 6) is 0.964. The molecule has 1 saturated heterocycles. The van der Waals surface area contributed by atoms with E-state index in [0.29, 0.717) is 0 Å². The molecule has 20 heavy (non-hydrogen) atoms. The molecule has 0 saturated carbocycles. The van der Waals surface area contributed by atoms with Crippen LogP contribution in [0.2, 0.25) is 5.02 Å². The third-order valence-corrected chi connectivity index (χ3v) is 4.45. The van der Waals surface area contributed by atoms with Crippen molar-refractivity contribution in [3.05, 3.63) is 29.3 Å². The minimum atomic E-state index is 0.798. The Hall–Kier alpha value is -0.730. The summed E-state index contributed by atoms with van der Waals surface area (Å²) in [7, 11) is 0. The van der Waals surface area contributed by atoms with Gasteiger partial charge in [-0.1, -0.05) is 37.4 Å². The van der Waals surface area contributed by atoms with Crippen molar-refractivity contribution in [3.8, 4) is 0 Å². The number of hydrogen-bond acceptors (Lipinski definition) is 2. The van der Waals surface area contributed by atoms with Gasteiger partial charge in [0.25, 0.3) is 0 Å². The molecule has 112 valence electrons.